The van der Waals surface area contributed by atoms with E-state index in [2.05, 4.69) is 45.0 Å². The van der Waals surface area contributed by atoms with Gasteiger partial charge in [0.25, 0.3) is 0 Å². The van der Waals surface area contributed by atoms with E-state index in [-0.39, 0.29) is 5.60 Å². The van der Waals surface area contributed by atoms with E-state index in [9.17, 15) is 0 Å². The van der Waals surface area contributed by atoms with Gasteiger partial charge in [0.15, 0.2) is 0 Å². The summed E-state index contributed by atoms with van der Waals surface area (Å²) in [6.07, 6.45) is 14.0. The first kappa shape index (κ1) is 19.0. The van der Waals surface area contributed by atoms with E-state index in [1.165, 1.54) is 64.2 Å². The van der Waals surface area contributed by atoms with Gasteiger partial charge in [-0.1, -0.05) is 56.4 Å². The molecule has 1 aromatic carbocycles. The molecular formula is C24H38O. The number of hydrogen-bond donors (Lipinski definition) is 0. The van der Waals surface area contributed by atoms with Crippen LogP contribution in [0.3, 0.4) is 0 Å². The van der Waals surface area contributed by atoms with Gasteiger partial charge in [0.05, 0.1) is 5.60 Å². The Kier molecular flexibility index (Phi) is 6.61. The van der Waals surface area contributed by atoms with Crippen LogP contribution >= 0.6 is 0 Å². The Balaban J connectivity index is 1.30. The van der Waals surface area contributed by atoms with Crippen LogP contribution < -0.4 is 0 Å². The molecular weight excluding hydrogens is 304 g/mol. The van der Waals surface area contributed by atoms with Gasteiger partial charge in [-0.3, -0.25) is 0 Å². The van der Waals surface area contributed by atoms with Crippen molar-refractivity contribution in [1.29, 1.82) is 0 Å². The van der Waals surface area contributed by atoms with Crippen molar-refractivity contribution in [2.45, 2.75) is 96.5 Å². The van der Waals surface area contributed by atoms with Crippen LogP contribution in [0.1, 0.15) is 95.6 Å². The van der Waals surface area contributed by atoms with Crippen molar-refractivity contribution in [3.8, 4) is 0 Å². The molecule has 1 aromatic rings. The van der Waals surface area contributed by atoms with Crippen molar-refractivity contribution in [1.82, 2.24) is 0 Å². The average molecular weight is 343 g/mol. The molecule has 0 spiro atoms. The number of rotatable bonds is 8. The molecule has 0 amide bonds. The minimum absolute atomic E-state index is 0.0255. The minimum Gasteiger partial charge on any atom is -0.376 e. The zero-order valence-corrected chi connectivity index (χ0v) is 16.7. The lowest BCUT2D eigenvalue weighted by Crippen LogP contribution is -2.19. The number of fused-ring (bicyclic) bond motifs is 1. The lowest BCUT2D eigenvalue weighted by atomic mass is 9.85. The maximum atomic E-state index is 5.81. The minimum atomic E-state index is 0.0255. The highest BCUT2D eigenvalue weighted by Crippen LogP contribution is 2.47. The maximum Gasteiger partial charge on any atom is 0.0598 e. The third-order valence-corrected chi connectivity index (χ3v) is 6.37. The summed E-state index contributed by atoms with van der Waals surface area (Å²) < 4.78 is 5.81. The fourth-order valence-electron chi connectivity index (χ4n) is 5.09. The second-order valence-electron chi connectivity index (χ2n) is 9.45. The van der Waals surface area contributed by atoms with Gasteiger partial charge in [-0.25, -0.2) is 0 Å². The van der Waals surface area contributed by atoms with Crippen molar-refractivity contribution in [3.63, 3.8) is 0 Å². The SMILES string of the molecule is CC(C)(C)OCCCCCCC1CCC(C2CCc3ccccc32)C1. The van der Waals surface area contributed by atoms with Gasteiger partial charge < -0.3 is 4.74 Å². The number of unbranched alkanes of at least 4 members (excludes halogenated alkanes) is 3. The van der Waals surface area contributed by atoms with Gasteiger partial charge in [-0.05, 0) is 81.8 Å². The molecule has 3 atom stereocenters. The number of hydrogen-bond acceptors (Lipinski definition) is 1. The van der Waals surface area contributed by atoms with Gasteiger partial charge in [-0.2, -0.15) is 0 Å². The molecule has 1 saturated carbocycles. The molecule has 0 aliphatic heterocycles. The van der Waals surface area contributed by atoms with Crippen LogP contribution in [0.15, 0.2) is 24.3 Å². The molecule has 140 valence electrons. The van der Waals surface area contributed by atoms with Crippen molar-refractivity contribution < 1.29 is 4.74 Å². The topological polar surface area (TPSA) is 9.23 Å². The molecule has 1 fully saturated rings. The Morgan fingerprint density at radius 3 is 2.60 bits per heavy atom. The molecule has 0 aromatic heterocycles. The Bertz CT molecular complexity index is 527. The Morgan fingerprint density at radius 2 is 1.76 bits per heavy atom. The monoisotopic (exact) mass is 342 g/mol. The predicted octanol–water partition coefficient (Wildman–Crippen LogP) is 6.90. The van der Waals surface area contributed by atoms with Crippen molar-refractivity contribution in [2.24, 2.45) is 11.8 Å². The normalized spacial score (nSPS) is 26.1. The Morgan fingerprint density at radius 1 is 0.960 bits per heavy atom. The van der Waals surface area contributed by atoms with Crippen molar-refractivity contribution >= 4 is 0 Å². The smallest absolute Gasteiger partial charge is 0.0598 e. The van der Waals surface area contributed by atoms with Crippen molar-refractivity contribution in [2.75, 3.05) is 6.61 Å². The second kappa shape index (κ2) is 8.71. The highest BCUT2D eigenvalue weighted by Gasteiger charge is 2.34. The summed E-state index contributed by atoms with van der Waals surface area (Å²) in [6.45, 7) is 7.36. The molecule has 0 heterocycles. The van der Waals surface area contributed by atoms with Crippen LogP contribution in [0.25, 0.3) is 0 Å². The van der Waals surface area contributed by atoms with E-state index >= 15 is 0 Å². The number of aryl methyl sites for hydroxylation is 1. The van der Waals surface area contributed by atoms with Gasteiger partial charge in [0.2, 0.25) is 0 Å². The average Bonchev–Trinajstić information content (AvgIpc) is 3.19. The zero-order valence-electron chi connectivity index (χ0n) is 16.7. The molecule has 3 rings (SSSR count). The standard InChI is InChI=1S/C24H38O/c1-24(2,3)25-17-9-5-4-6-10-19-13-14-21(18-19)23-16-15-20-11-7-8-12-22(20)23/h7-8,11-12,19,21,23H,4-6,9-10,13-18H2,1-3H3. The Labute approximate surface area is 155 Å². The molecule has 0 radical (unpaired) electrons. The molecule has 2 aliphatic rings. The summed E-state index contributed by atoms with van der Waals surface area (Å²) in [5.74, 6) is 2.84. The molecule has 0 saturated heterocycles. The molecule has 1 heteroatoms. The third kappa shape index (κ3) is 5.58. The lowest BCUT2D eigenvalue weighted by Gasteiger charge is -2.20. The highest BCUT2D eigenvalue weighted by molar-refractivity contribution is 5.35. The van der Waals surface area contributed by atoms with E-state index in [1.54, 1.807) is 11.1 Å². The van der Waals surface area contributed by atoms with Gasteiger partial charge >= 0.3 is 0 Å². The van der Waals surface area contributed by atoms with Crippen molar-refractivity contribution in [3.05, 3.63) is 35.4 Å². The summed E-state index contributed by atoms with van der Waals surface area (Å²) in [5, 5.41) is 0. The maximum absolute atomic E-state index is 5.81. The first-order valence-corrected chi connectivity index (χ1v) is 10.7. The first-order chi connectivity index (χ1) is 12.0. The van der Waals surface area contributed by atoms with Gasteiger partial charge in [0, 0.05) is 6.61 Å². The van der Waals surface area contributed by atoms with Crippen LogP contribution in [-0.2, 0) is 11.2 Å². The molecule has 3 unspecified atom stereocenters. The summed E-state index contributed by atoms with van der Waals surface area (Å²) >= 11 is 0. The van der Waals surface area contributed by atoms with Crippen LogP contribution in [0.2, 0.25) is 0 Å². The van der Waals surface area contributed by atoms with Gasteiger partial charge in [0.1, 0.15) is 0 Å². The number of ether oxygens (including phenoxy) is 1. The molecule has 0 bridgehead atoms. The van der Waals surface area contributed by atoms with Gasteiger partial charge in [-0.15, -0.1) is 0 Å². The Hall–Kier alpha value is -0.820. The summed E-state index contributed by atoms with van der Waals surface area (Å²) in [6, 6.07) is 9.21. The highest BCUT2D eigenvalue weighted by atomic mass is 16.5. The summed E-state index contributed by atoms with van der Waals surface area (Å²) in [4.78, 5) is 0. The molecule has 1 nitrogen and oxygen atoms in total. The zero-order chi connectivity index (χ0) is 17.7. The van der Waals surface area contributed by atoms with Crippen LogP contribution in [0.4, 0.5) is 0 Å². The second-order valence-corrected chi connectivity index (χ2v) is 9.45. The molecule has 25 heavy (non-hydrogen) atoms. The third-order valence-electron chi connectivity index (χ3n) is 6.37. The lowest BCUT2D eigenvalue weighted by molar-refractivity contribution is -0.00476. The largest absolute Gasteiger partial charge is 0.376 e. The number of benzene rings is 1. The van der Waals surface area contributed by atoms with E-state index in [1.807, 2.05) is 0 Å². The van der Waals surface area contributed by atoms with Crippen LogP contribution in [0.5, 0.6) is 0 Å². The van der Waals surface area contributed by atoms with E-state index in [0.717, 1.165) is 24.4 Å². The fraction of sp³-hybridized carbons (Fsp3) is 0.750. The van der Waals surface area contributed by atoms with E-state index < -0.39 is 0 Å². The van der Waals surface area contributed by atoms with Crippen LogP contribution in [0, 0.1) is 11.8 Å². The first-order valence-electron chi connectivity index (χ1n) is 10.7. The fourth-order valence-corrected chi connectivity index (χ4v) is 5.09. The summed E-state index contributed by atoms with van der Waals surface area (Å²) in [5.41, 5.74) is 3.35. The quantitative estimate of drug-likeness (QED) is 0.467. The van der Waals surface area contributed by atoms with E-state index in [4.69, 9.17) is 4.74 Å². The molecule has 2 aliphatic carbocycles. The molecule has 0 N–H and O–H groups in total. The predicted molar refractivity (Wildman–Crippen MR) is 107 cm³/mol. The van der Waals surface area contributed by atoms with Crippen LogP contribution in [-0.4, -0.2) is 12.2 Å². The summed E-state index contributed by atoms with van der Waals surface area (Å²) in [7, 11) is 0. The van der Waals surface area contributed by atoms with E-state index in [0.29, 0.717) is 0 Å².